The third kappa shape index (κ3) is 2.66. The van der Waals surface area contributed by atoms with Crippen molar-refractivity contribution < 1.29 is 44.3 Å². The summed E-state index contributed by atoms with van der Waals surface area (Å²) >= 11 is 0.565. The first-order valence-electron chi connectivity index (χ1n) is 7.66. The molecule has 0 spiro atoms. The Morgan fingerprint density at radius 3 is 2.03 bits per heavy atom. The first-order valence-corrected chi connectivity index (χ1v) is 8.54. The van der Waals surface area contributed by atoms with E-state index in [1.165, 1.54) is 11.4 Å². The molecule has 0 fully saturated rings. The molecule has 2 aromatic rings. The van der Waals surface area contributed by atoms with Crippen molar-refractivity contribution >= 4 is 17.1 Å². The van der Waals surface area contributed by atoms with E-state index in [2.05, 4.69) is 0 Å². The minimum absolute atomic E-state index is 0.354. The van der Waals surface area contributed by atoms with Crippen molar-refractivity contribution in [1.82, 2.24) is 0 Å². The lowest BCUT2D eigenvalue weighted by Gasteiger charge is -2.36. The zero-order chi connectivity index (χ0) is 21.8. The van der Waals surface area contributed by atoms with E-state index in [0.29, 0.717) is 18.3 Å². The van der Waals surface area contributed by atoms with Crippen LogP contribution in [0.2, 0.25) is 0 Å². The van der Waals surface area contributed by atoms with Gasteiger partial charge >= 0.3 is 0 Å². The SMILES string of the molecule is CC(=O)C1(c2c(F)c(F)c(F)c(F)c2-c2cccs2)C(F)=C(F)C(F)=C(F)C1F. The van der Waals surface area contributed by atoms with Gasteiger partial charge in [-0.3, -0.25) is 4.79 Å². The number of allylic oxidation sites excluding steroid dienone is 4. The maximum absolute atomic E-state index is 14.8. The molecule has 0 amide bonds. The average Bonchev–Trinajstić information content (AvgIpc) is 3.21. The van der Waals surface area contributed by atoms with Crippen molar-refractivity contribution in [2.75, 3.05) is 0 Å². The number of hydrogen-bond acceptors (Lipinski definition) is 2. The molecule has 29 heavy (non-hydrogen) atoms. The zero-order valence-electron chi connectivity index (χ0n) is 14.0. The summed E-state index contributed by atoms with van der Waals surface area (Å²) in [6.07, 6.45) is -3.73. The smallest absolute Gasteiger partial charge is 0.198 e. The maximum atomic E-state index is 14.8. The van der Waals surface area contributed by atoms with E-state index in [9.17, 15) is 44.3 Å². The molecule has 0 saturated heterocycles. The Bertz CT molecular complexity index is 1090. The normalized spacial score (nSPS) is 22.5. The van der Waals surface area contributed by atoms with Crippen LogP contribution in [0.4, 0.5) is 39.5 Å². The third-order valence-corrected chi connectivity index (χ3v) is 5.42. The number of ketones is 1. The fourth-order valence-electron chi connectivity index (χ4n) is 3.19. The van der Waals surface area contributed by atoms with E-state index in [1.54, 1.807) is 0 Å². The van der Waals surface area contributed by atoms with Gasteiger partial charge < -0.3 is 0 Å². The topological polar surface area (TPSA) is 17.1 Å². The summed E-state index contributed by atoms with van der Waals surface area (Å²) in [4.78, 5) is 11.8. The number of alkyl halides is 1. The van der Waals surface area contributed by atoms with Crippen LogP contribution >= 0.6 is 11.3 Å². The van der Waals surface area contributed by atoms with Gasteiger partial charge in [-0.05, 0) is 18.4 Å². The molecule has 1 aliphatic carbocycles. The Morgan fingerprint density at radius 2 is 1.52 bits per heavy atom. The van der Waals surface area contributed by atoms with Crippen molar-refractivity contribution in [3.8, 4) is 10.4 Å². The molecule has 0 saturated carbocycles. The van der Waals surface area contributed by atoms with Crippen LogP contribution in [0.3, 0.4) is 0 Å². The number of benzene rings is 1. The predicted molar refractivity (Wildman–Crippen MR) is 85.3 cm³/mol. The molecule has 2 unspecified atom stereocenters. The Morgan fingerprint density at radius 1 is 0.931 bits per heavy atom. The molecular weight excluding hydrogens is 435 g/mol. The quantitative estimate of drug-likeness (QED) is 0.303. The van der Waals surface area contributed by atoms with Crippen LogP contribution in [0.15, 0.2) is 40.8 Å². The minimum atomic E-state index is -3.97. The van der Waals surface area contributed by atoms with Gasteiger partial charge in [0.25, 0.3) is 0 Å². The summed E-state index contributed by atoms with van der Waals surface area (Å²) < 4.78 is 128. The molecule has 2 atom stereocenters. The molecule has 3 rings (SSSR count). The standard InChI is InChI=1S/C18H7F9OS/c1-5(28)18(16(26)14(24)13(23)15(25)17(18)27)8-7(6-3-2-4-29-6)9(19)11(21)12(22)10(8)20/h2-4,16H,1H3. The van der Waals surface area contributed by atoms with Crippen LogP contribution < -0.4 is 0 Å². The molecule has 1 aromatic heterocycles. The number of Topliss-reactive ketones (excluding diaryl/α,β-unsaturated/α-hetero) is 1. The van der Waals surface area contributed by atoms with E-state index < -0.39 is 80.0 Å². The van der Waals surface area contributed by atoms with Crippen molar-refractivity contribution in [2.24, 2.45) is 0 Å². The van der Waals surface area contributed by atoms with Gasteiger partial charge in [-0.25, -0.2) is 39.5 Å². The van der Waals surface area contributed by atoms with Gasteiger partial charge in [0.2, 0.25) is 0 Å². The lowest BCUT2D eigenvalue weighted by Crippen LogP contribution is -2.48. The van der Waals surface area contributed by atoms with Crippen LogP contribution in [0.5, 0.6) is 0 Å². The number of thiophene rings is 1. The molecular formula is C18H7F9OS. The molecule has 1 aliphatic rings. The highest BCUT2D eigenvalue weighted by Crippen LogP contribution is 2.54. The molecule has 1 aromatic carbocycles. The summed E-state index contributed by atoms with van der Waals surface area (Å²) in [5.74, 6) is -22.0. The Hall–Kier alpha value is -2.56. The van der Waals surface area contributed by atoms with E-state index >= 15 is 0 Å². The van der Waals surface area contributed by atoms with Gasteiger partial charge in [0, 0.05) is 16.0 Å². The van der Waals surface area contributed by atoms with Gasteiger partial charge in [0.1, 0.15) is 5.41 Å². The van der Waals surface area contributed by atoms with E-state index in [4.69, 9.17) is 0 Å². The number of hydrogen-bond donors (Lipinski definition) is 0. The van der Waals surface area contributed by atoms with Crippen LogP contribution in [0.1, 0.15) is 12.5 Å². The second kappa shape index (κ2) is 7.05. The lowest BCUT2D eigenvalue weighted by atomic mass is 9.67. The van der Waals surface area contributed by atoms with Gasteiger partial charge in [-0.1, -0.05) is 6.07 Å². The minimum Gasteiger partial charge on any atom is -0.298 e. The summed E-state index contributed by atoms with van der Waals surface area (Å²) in [5, 5.41) is 1.24. The molecule has 0 N–H and O–H groups in total. The van der Waals surface area contributed by atoms with E-state index in [1.807, 2.05) is 0 Å². The molecule has 0 bridgehead atoms. The number of rotatable bonds is 3. The van der Waals surface area contributed by atoms with E-state index in [-0.39, 0.29) is 0 Å². The monoisotopic (exact) mass is 442 g/mol. The third-order valence-electron chi connectivity index (χ3n) is 4.53. The van der Waals surface area contributed by atoms with Crippen molar-refractivity contribution in [1.29, 1.82) is 0 Å². The second-order valence-corrected chi connectivity index (χ2v) is 6.95. The largest absolute Gasteiger partial charge is 0.298 e. The van der Waals surface area contributed by atoms with Gasteiger partial charge in [-0.15, -0.1) is 11.3 Å². The van der Waals surface area contributed by atoms with Gasteiger partial charge in [-0.2, -0.15) is 0 Å². The fourth-order valence-corrected chi connectivity index (χ4v) is 3.96. The Balaban J connectivity index is 2.60. The summed E-state index contributed by atoms with van der Waals surface area (Å²) in [5.41, 5.74) is -7.12. The van der Waals surface area contributed by atoms with Crippen LogP contribution in [0, 0.1) is 23.3 Å². The molecule has 1 nitrogen and oxygen atoms in total. The summed E-state index contributed by atoms with van der Waals surface area (Å²) in [6, 6.07) is 2.21. The number of carbonyl (C=O) groups excluding carboxylic acids is 1. The van der Waals surface area contributed by atoms with Gasteiger partial charge in [0.05, 0.1) is 0 Å². The zero-order valence-corrected chi connectivity index (χ0v) is 14.8. The van der Waals surface area contributed by atoms with Crippen LogP contribution in [-0.4, -0.2) is 12.0 Å². The molecule has 154 valence electrons. The van der Waals surface area contributed by atoms with Crippen molar-refractivity contribution in [3.05, 3.63) is 69.7 Å². The summed E-state index contributed by atoms with van der Waals surface area (Å²) in [7, 11) is 0. The van der Waals surface area contributed by atoms with Crippen LogP contribution in [-0.2, 0) is 10.2 Å². The van der Waals surface area contributed by atoms with Crippen LogP contribution in [0.25, 0.3) is 10.4 Å². The first kappa shape index (κ1) is 21.2. The van der Waals surface area contributed by atoms with Crippen molar-refractivity contribution in [2.45, 2.75) is 18.5 Å². The fraction of sp³-hybridized carbons (Fsp3) is 0.167. The summed E-state index contributed by atoms with van der Waals surface area (Å²) in [6.45, 7) is 0.354. The van der Waals surface area contributed by atoms with Gasteiger partial charge in [0.15, 0.2) is 58.5 Å². The lowest BCUT2D eigenvalue weighted by molar-refractivity contribution is -0.124. The average molecular weight is 442 g/mol. The highest BCUT2D eigenvalue weighted by Gasteiger charge is 2.60. The number of carbonyl (C=O) groups is 1. The number of halogens is 9. The molecule has 11 heteroatoms. The first-order chi connectivity index (χ1) is 13.5. The highest BCUT2D eigenvalue weighted by molar-refractivity contribution is 7.13. The Kier molecular flexibility index (Phi) is 5.14. The predicted octanol–water partition coefficient (Wildman–Crippen LogP) is 6.45. The van der Waals surface area contributed by atoms with Crippen molar-refractivity contribution in [3.63, 3.8) is 0 Å². The van der Waals surface area contributed by atoms with E-state index in [0.717, 1.165) is 6.07 Å². The molecule has 0 radical (unpaired) electrons. The Labute approximate surface area is 160 Å². The molecule has 0 aliphatic heterocycles. The highest BCUT2D eigenvalue weighted by atomic mass is 32.1. The molecule has 1 heterocycles. The second-order valence-electron chi connectivity index (χ2n) is 6.00. The maximum Gasteiger partial charge on any atom is 0.198 e.